The molecule has 0 aromatic heterocycles. The fraction of sp³-hybridized carbons (Fsp3) is 0.611. The Kier molecular flexibility index (Phi) is 5.91. The fourth-order valence-electron chi connectivity index (χ4n) is 3.37. The number of amides is 1. The van der Waals surface area contributed by atoms with Crippen LogP contribution in [0.5, 0.6) is 0 Å². The first-order chi connectivity index (χ1) is 11.2. The Labute approximate surface area is 140 Å². The molecule has 1 amide bonds. The fourth-order valence-corrected chi connectivity index (χ4v) is 3.37. The summed E-state index contributed by atoms with van der Waals surface area (Å²) in [5.74, 6) is -1.08. The third-order valence-electron chi connectivity index (χ3n) is 4.72. The van der Waals surface area contributed by atoms with E-state index in [2.05, 4.69) is 0 Å². The summed E-state index contributed by atoms with van der Waals surface area (Å²) in [5, 5.41) is 9.38. The van der Waals surface area contributed by atoms with E-state index in [0.717, 1.165) is 5.56 Å². The van der Waals surface area contributed by atoms with Gasteiger partial charge in [-0.1, -0.05) is 44.2 Å². The second-order valence-electron chi connectivity index (χ2n) is 6.78. The van der Waals surface area contributed by atoms with Crippen LogP contribution < -0.4 is 0 Å². The molecule has 1 aromatic carbocycles. The molecule has 6 heteroatoms. The Bertz CT molecular complexity index is 537. The number of carbonyl (C=O) groups excluding carboxylic acids is 1. The summed E-state index contributed by atoms with van der Waals surface area (Å²) in [6.07, 6.45) is -6.55. The summed E-state index contributed by atoms with van der Waals surface area (Å²) < 4.78 is 37.8. The van der Waals surface area contributed by atoms with Crippen molar-refractivity contribution in [1.29, 1.82) is 0 Å². The first kappa shape index (κ1) is 18.8. The van der Waals surface area contributed by atoms with Crippen molar-refractivity contribution in [1.82, 2.24) is 4.90 Å². The zero-order valence-electron chi connectivity index (χ0n) is 14.0. The van der Waals surface area contributed by atoms with Gasteiger partial charge in [0.05, 0.1) is 5.92 Å². The molecule has 0 spiro atoms. The monoisotopic (exact) mass is 343 g/mol. The van der Waals surface area contributed by atoms with Crippen LogP contribution in [0.1, 0.15) is 38.2 Å². The molecule has 1 aromatic rings. The Hall–Kier alpha value is -1.56. The van der Waals surface area contributed by atoms with E-state index in [9.17, 15) is 23.1 Å². The van der Waals surface area contributed by atoms with Gasteiger partial charge in [0.25, 0.3) is 0 Å². The molecule has 1 N–H and O–H groups in total. The molecule has 0 saturated carbocycles. The van der Waals surface area contributed by atoms with Crippen LogP contribution in [0.2, 0.25) is 0 Å². The molecule has 3 nitrogen and oxygen atoms in total. The number of likely N-dealkylation sites (tertiary alicyclic amines) is 1. The van der Waals surface area contributed by atoms with Gasteiger partial charge < -0.3 is 10.0 Å². The van der Waals surface area contributed by atoms with E-state index < -0.39 is 18.2 Å². The van der Waals surface area contributed by atoms with Crippen LogP contribution in [-0.4, -0.2) is 41.3 Å². The van der Waals surface area contributed by atoms with Gasteiger partial charge in [0.1, 0.15) is 0 Å². The highest BCUT2D eigenvalue weighted by atomic mass is 19.4. The lowest BCUT2D eigenvalue weighted by Gasteiger charge is -2.37. The lowest BCUT2D eigenvalue weighted by Crippen LogP contribution is -2.46. The Morgan fingerprint density at radius 1 is 1.17 bits per heavy atom. The highest BCUT2D eigenvalue weighted by Crippen LogP contribution is 2.33. The van der Waals surface area contributed by atoms with Gasteiger partial charge in [-0.05, 0) is 30.2 Å². The van der Waals surface area contributed by atoms with E-state index in [1.807, 2.05) is 44.2 Å². The smallest absolute Gasteiger partial charge is 0.383 e. The van der Waals surface area contributed by atoms with Gasteiger partial charge in [0.15, 0.2) is 6.10 Å². The number of rotatable bonds is 4. The van der Waals surface area contributed by atoms with Crippen LogP contribution in [0.25, 0.3) is 0 Å². The molecule has 1 fully saturated rings. The SMILES string of the molecule is CC(C)C(C(=O)N1CCC(C(O)C(F)(F)F)CC1)c1ccccc1. The number of alkyl halides is 3. The van der Waals surface area contributed by atoms with E-state index >= 15 is 0 Å². The number of aliphatic hydroxyl groups is 1. The van der Waals surface area contributed by atoms with Gasteiger partial charge in [-0.2, -0.15) is 13.2 Å². The molecule has 1 heterocycles. The molecule has 1 saturated heterocycles. The standard InChI is InChI=1S/C18H24F3NO2/c1-12(2)15(13-6-4-3-5-7-13)17(24)22-10-8-14(9-11-22)16(23)18(19,20)21/h3-7,12,14-16,23H,8-11H2,1-2H3. The second kappa shape index (κ2) is 7.55. The van der Waals surface area contributed by atoms with Crippen LogP contribution >= 0.6 is 0 Å². The lowest BCUT2D eigenvalue weighted by molar-refractivity contribution is -0.223. The van der Waals surface area contributed by atoms with E-state index in [1.54, 1.807) is 4.90 Å². The maximum Gasteiger partial charge on any atom is 0.414 e. The molecule has 134 valence electrons. The van der Waals surface area contributed by atoms with Crippen molar-refractivity contribution in [3.63, 3.8) is 0 Å². The highest BCUT2D eigenvalue weighted by Gasteiger charge is 2.44. The van der Waals surface area contributed by atoms with E-state index in [-0.39, 0.29) is 43.7 Å². The summed E-state index contributed by atoms with van der Waals surface area (Å²) in [4.78, 5) is 14.5. The van der Waals surface area contributed by atoms with Crippen LogP contribution in [0, 0.1) is 11.8 Å². The number of halogens is 3. The topological polar surface area (TPSA) is 40.5 Å². The van der Waals surface area contributed by atoms with Crippen molar-refractivity contribution in [3.8, 4) is 0 Å². The van der Waals surface area contributed by atoms with E-state index in [0.29, 0.717) is 0 Å². The highest BCUT2D eigenvalue weighted by molar-refractivity contribution is 5.84. The van der Waals surface area contributed by atoms with E-state index in [4.69, 9.17) is 0 Å². The van der Waals surface area contributed by atoms with Crippen LogP contribution in [-0.2, 0) is 4.79 Å². The van der Waals surface area contributed by atoms with Crippen LogP contribution in [0.4, 0.5) is 13.2 Å². The molecule has 2 rings (SSSR count). The molecule has 2 atom stereocenters. The van der Waals surface area contributed by atoms with E-state index in [1.165, 1.54) is 0 Å². The molecule has 1 aliphatic rings. The Balaban J connectivity index is 2.03. The normalized spacial score (nSPS) is 19.4. The molecule has 24 heavy (non-hydrogen) atoms. The summed E-state index contributed by atoms with van der Waals surface area (Å²) in [7, 11) is 0. The average Bonchev–Trinajstić information content (AvgIpc) is 2.54. The minimum Gasteiger partial charge on any atom is -0.383 e. The van der Waals surface area contributed by atoms with Crippen molar-refractivity contribution in [2.75, 3.05) is 13.1 Å². The molecule has 2 unspecified atom stereocenters. The number of hydrogen-bond acceptors (Lipinski definition) is 2. The lowest BCUT2D eigenvalue weighted by atomic mass is 9.85. The molecule has 0 radical (unpaired) electrons. The number of carbonyl (C=O) groups is 1. The Morgan fingerprint density at radius 2 is 1.71 bits per heavy atom. The molecule has 0 bridgehead atoms. The summed E-state index contributed by atoms with van der Waals surface area (Å²) in [6.45, 7) is 4.45. The molecular weight excluding hydrogens is 319 g/mol. The van der Waals surface area contributed by atoms with Crippen molar-refractivity contribution >= 4 is 5.91 Å². The predicted molar refractivity (Wildman–Crippen MR) is 85.4 cm³/mol. The van der Waals surface area contributed by atoms with Crippen molar-refractivity contribution in [2.24, 2.45) is 11.8 Å². The zero-order chi connectivity index (χ0) is 17.9. The predicted octanol–water partition coefficient (Wildman–Crippen LogP) is 3.59. The first-order valence-corrected chi connectivity index (χ1v) is 8.30. The molecular formula is C18H24F3NO2. The van der Waals surface area contributed by atoms with Gasteiger partial charge in [0.2, 0.25) is 5.91 Å². The number of hydrogen-bond donors (Lipinski definition) is 1. The van der Waals surface area contributed by atoms with Crippen LogP contribution in [0.3, 0.4) is 0 Å². The maximum absolute atomic E-state index is 12.9. The number of nitrogens with zero attached hydrogens (tertiary/aromatic N) is 1. The number of benzene rings is 1. The summed E-state index contributed by atoms with van der Waals surface area (Å²) >= 11 is 0. The van der Waals surface area contributed by atoms with Gasteiger partial charge >= 0.3 is 6.18 Å². The Morgan fingerprint density at radius 3 is 2.17 bits per heavy atom. The third-order valence-corrected chi connectivity index (χ3v) is 4.72. The second-order valence-corrected chi connectivity index (χ2v) is 6.78. The summed E-state index contributed by atoms with van der Waals surface area (Å²) in [5.41, 5.74) is 0.926. The van der Waals surface area contributed by atoms with Gasteiger partial charge in [0, 0.05) is 13.1 Å². The molecule has 0 aliphatic carbocycles. The van der Waals surface area contributed by atoms with Crippen molar-refractivity contribution < 1.29 is 23.1 Å². The van der Waals surface area contributed by atoms with Crippen LogP contribution in [0.15, 0.2) is 30.3 Å². The van der Waals surface area contributed by atoms with Gasteiger partial charge in [-0.3, -0.25) is 4.79 Å². The number of aliphatic hydroxyl groups excluding tert-OH is 1. The quantitative estimate of drug-likeness (QED) is 0.908. The first-order valence-electron chi connectivity index (χ1n) is 8.30. The van der Waals surface area contributed by atoms with Crippen molar-refractivity contribution in [2.45, 2.75) is 44.9 Å². The minimum absolute atomic E-state index is 0.0452. The van der Waals surface area contributed by atoms with Crippen molar-refractivity contribution in [3.05, 3.63) is 35.9 Å². The summed E-state index contributed by atoms with van der Waals surface area (Å²) in [6, 6.07) is 9.45. The van der Waals surface area contributed by atoms with Gasteiger partial charge in [-0.15, -0.1) is 0 Å². The largest absolute Gasteiger partial charge is 0.414 e. The van der Waals surface area contributed by atoms with Gasteiger partial charge in [-0.25, -0.2) is 0 Å². The molecule has 1 aliphatic heterocycles. The minimum atomic E-state index is -4.60. The maximum atomic E-state index is 12.9. The average molecular weight is 343 g/mol. The third kappa shape index (κ3) is 4.29. The zero-order valence-corrected chi connectivity index (χ0v) is 14.0. The number of piperidine rings is 1.